The van der Waals surface area contributed by atoms with Gasteiger partial charge in [0.05, 0.1) is 5.02 Å². The maximum absolute atomic E-state index is 12.4. The molecular formula is C14H21ClN2O2S. The van der Waals surface area contributed by atoms with Gasteiger partial charge in [0.2, 0.25) is 10.0 Å². The van der Waals surface area contributed by atoms with Crippen LogP contribution in [-0.2, 0) is 10.0 Å². The lowest BCUT2D eigenvalue weighted by Gasteiger charge is -2.18. The van der Waals surface area contributed by atoms with Crippen molar-refractivity contribution in [3.63, 3.8) is 0 Å². The number of hydrogen-bond donors (Lipinski definition) is 2. The molecule has 1 aromatic rings. The third-order valence-corrected chi connectivity index (χ3v) is 5.72. The zero-order valence-electron chi connectivity index (χ0n) is 11.8. The summed E-state index contributed by atoms with van der Waals surface area (Å²) in [5.41, 5.74) is 7.00. The van der Waals surface area contributed by atoms with Gasteiger partial charge in [0.25, 0.3) is 0 Å². The van der Waals surface area contributed by atoms with E-state index in [-0.39, 0.29) is 16.0 Å². The molecule has 1 fully saturated rings. The topological polar surface area (TPSA) is 72.2 Å². The van der Waals surface area contributed by atoms with Crippen molar-refractivity contribution < 1.29 is 8.42 Å². The molecule has 6 heteroatoms. The molecule has 0 heterocycles. The number of nitrogens with one attached hydrogen (secondary N) is 1. The van der Waals surface area contributed by atoms with E-state index in [2.05, 4.69) is 4.72 Å². The highest BCUT2D eigenvalue weighted by Gasteiger charge is 2.28. The first-order chi connectivity index (χ1) is 9.33. The Morgan fingerprint density at radius 1 is 1.45 bits per heavy atom. The molecule has 1 unspecified atom stereocenters. The highest BCUT2D eigenvalue weighted by molar-refractivity contribution is 7.89. The van der Waals surface area contributed by atoms with Crippen LogP contribution in [0.25, 0.3) is 0 Å². The van der Waals surface area contributed by atoms with Gasteiger partial charge in [0, 0.05) is 11.7 Å². The van der Waals surface area contributed by atoms with Gasteiger partial charge >= 0.3 is 0 Å². The number of nitrogen functional groups attached to an aromatic ring is 1. The highest BCUT2D eigenvalue weighted by atomic mass is 35.5. The van der Waals surface area contributed by atoms with E-state index in [0.717, 1.165) is 18.4 Å². The summed E-state index contributed by atoms with van der Waals surface area (Å²) in [5.74, 6) is 0.668. The molecule has 1 aliphatic rings. The van der Waals surface area contributed by atoms with E-state index in [1.807, 2.05) is 6.92 Å². The molecule has 0 aliphatic heterocycles. The van der Waals surface area contributed by atoms with Crippen molar-refractivity contribution in [2.24, 2.45) is 5.92 Å². The minimum absolute atomic E-state index is 0.0360. The highest BCUT2D eigenvalue weighted by Crippen LogP contribution is 2.34. The van der Waals surface area contributed by atoms with E-state index >= 15 is 0 Å². The predicted octanol–water partition coefficient (Wildman–Crippen LogP) is 3.09. The Balaban J connectivity index is 2.22. The Morgan fingerprint density at radius 3 is 2.65 bits per heavy atom. The summed E-state index contributed by atoms with van der Waals surface area (Å²) in [6, 6.07) is 2.99. The minimum Gasteiger partial charge on any atom is -0.398 e. The maximum Gasteiger partial charge on any atom is 0.242 e. The Bertz CT molecular complexity index is 597. The second-order valence-corrected chi connectivity index (χ2v) is 7.63. The number of halogens is 1. The van der Waals surface area contributed by atoms with Crippen LogP contribution in [0.2, 0.25) is 5.02 Å². The van der Waals surface area contributed by atoms with Crippen LogP contribution in [0.3, 0.4) is 0 Å². The lowest BCUT2D eigenvalue weighted by molar-refractivity contribution is 0.495. The molecular weight excluding hydrogens is 296 g/mol. The zero-order chi connectivity index (χ0) is 14.9. The Hall–Kier alpha value is -0.780. The predicted molar refractivity (Wildman–Crippen MR) is 82.3 cm³/mol. The van der Waals surface area contributed by atoms with Gasteiger partial charge in [0.15, 0.2) is 0 Å². The maximum atomic E-state index is 12.4. The third-order valence-electron chi connectivity index (χ3n) is 3.74. The smallest absolute Gasteiger partial charge is 0.242 e. The van der Waals surface area contributed by atoms with Crippen molar-refractivity contribution in [1.82, 2.24) is 4.72 Å². The molecule has 1 atom stereocenters. The van der Waals surface area contributed by atoms with Crippen LogP contribution in [0.1, 0.15) is 38.2 Å². The standard InChI is InChI=1S/C14H21ClN2O2S/c1-3-11(7-10-4-5-10)17-20(18,19)14-8-13(16)9(2)6-12(14)15/h6,8,10-11,17H,3-5,7,16H2,1-2H3. The van der Waals surface area contributed by atoms with Crippen molar-refractivity contribution in [3.8, 4) is 0 Å². The van der Waals surface area contributed by atoms with E-state index in [0.29, 0.717) is 11.6 Å². The SMILES string of the molecule is CCC(CC1CC1)NS(=O)(=O)c1cc(N)c(C)cc1Cl. The lowest BCUT2D eigenvalue weighted by atomic mass is 10.1. The molecule has 0 saturated heterocycles. The molecule has 0 spiro atoms. The van der Waals surface area contributed by atoms with Gasteiger partial charge in [-0.1, -0.05) is 31.4 Å². The van der Waals surface area contributed by atoms with Crippen molar-refractivity contribution in [2.45, 2.75) is 50.5 Å². The van der Waals surface area contributed by atoms with E-state index in [9.17, 15) is 8.42 Å². The average molecular weight is 317 g/mol. The number of rotatable bonds is 6. The molecule has 3 N–H and O–H groups in total. The molecule has 4 nitrogen and oxygen atoms in total. The summed E-state index contributed by atoms with van der Waals surface area (Å²) in [6.45, 7) is 3.79. The molecule has 1 aliphatic carbocycles. The molecule has 0 bridgehead atoms. The van der Waals surface area contributed by atoms with Gasteiger partial charge in [-0.05, 0) is 43.4 Å². The normalized spacial score (nSPS) is 17.1. The first-order valence-corrected chi connectivity index (χ1v) is 8.77. The molecule has 1 aromatic carbocycles. The summed E-state index contributed by atoms with van der Waals surface area (Å²) >= 11 is 6.06. The quantitative estimate of drug-likeness (QED) is 0.792. The van der Waals surface area contributed by atoms with Crippen molar-refractivity contribution in [1.29, 1.82) is 0 Å². The van der Waals surface area contributed by atoms with Crippen LogP contribution < -0.4 is 10.5 Å². The number of sulfonamides is 1. The first kappa shape index (κ1) is 15.6. The van der Waals surface area contributed by atoms with Gasteiger partial charge in [-0.3, -0.25) is 0 Å². The molecule has 1 saturated carbocycles. The summed E-state index contributed by atoms with van der Waals surface area (Å²) in [7, 11) is -3.62. The molecule has 0 amide bonds. The second-order valence-electron chi connectivity index (χ2n) is 5.54. The monoisotopic (exact) mass is 316 g/mol. The Kier molecular flexibility index (Phi) is 4.62. The average Bonchev–Trinajstić information content (AvgIpc) is 3.16. The van der Waals surface area contributed by atoms with Gasteiger partial charge in [-0.2, -0.15) is 0 Å². The van der Waals surface area contributed by atoms with E-state index in [1.54, 1.807) is 13.0 Å². The third kappa shape index (κ3) is 3.65. The molecule has 112 valence electrons. The number of hydrogen-bond acceptors (Lipinski definition) is 3. The lowest BCUT2D eigenvalue weighted by Crippen LogP contribution is -2.35. The fourth-order valence-electron chi connectivity index (χ4n) is 2.21. The first-order valence-electron chi connectivity index (χ1n) is 6.91. The van der Waals surface area contributed by atoms with Crippen LogP contribution in [-0.4, -0.2) is 14.5 Å². The summed E-state index contributed by atoms with van der Waals surface area (Å²) < 4.78 is 27.6. The van der Waals surface area contributed by atoms with Crippen LogP contribution in [0, 0.1) is 12.8 Å². The molecule has 0 radical (unpaired) electrons. The van der Waals surface area contributed by atoms with Crippen LogP contribution in [0.5, 0.6) is 0 Å². The van der Waals surface area contributed by atoms with Crippen LogP contribution in [0.4, 0.5) is 5.69 Å². The van der Waals surface area contributed by atoms with Crippen LogP contribution >= 0.6 is 11.6 Å². The van der Waals surface area contributed by atoms with Gasteiger partial charge in [0.1, 0.15) is 4.90 Å². The Morgan fingerprint density at radius 2 is 2.10 bits per heavy atom. The summed E-state index contributed by atoms with van der Waals surface area (Å²) in [4.78, 5) is 0.0662. The van der Waals surface area contributed by atoms with Gasteiger partial charge in [-0.15, -0.1) is 0 Å². The minimum atomic E-state index is -3.62. The van der Waals surface area contributed by atoms with E-state index in [4.69, 9.17) is 17.3 Å². The number of aryl methyl sites for hydroxylation is 1. The largest absolute Gasteiger partial charge is 0.398 e. The van der Waals surface area contributed by atoms with E-state index in [1.165, 1.54) is 18.9 Å². The van der Waals surface area contributed by atoms with Gasteiger partial charge in [-0.25, -0.2) is 13.1 Å². The fourth-order valence-corrected chi connectivity index (χ4v) is 4.16. The van der Waals surface area contributed by atoms with Crippen molar-refractivity contribution in [3.05, 3.63) is 22.7 Å². The molecule has 20 heavy (non-hydrogen) atoms. The number of anilines is 1. The van der Waals surface area contributed by atoms with Crippen molar-refractivity contribution in [2.75, 3.05) is 5.73 Å². The van der Waals surface area contributed by atoms with Crippen LogP contribution in [0.15, 0.2) is 17.0 Å². The second kappa shape index (κ2) is 5.92. The molecule has 0 aromatic heterocycles. The van der Waals surface area contributed by atoms with Crippen molar-refractivity contribution >= 4 is 27.3 Å². The number of nitrogens with two attached hydrogens (primary N) is 1. The van der Waals surface area contributed by atoms with Gasteiger partial charge < -0.3 is 5.73 Å². The Labute approximate surface area is 125 Å². The molecule has 2 rings (SSSR count). The van der Waals surface area contributed by atoms with E-state index < -0.39 is 10.0 Å². The number of benzene rings is 1. The summed E-state index contributed by atoms with van der Waals surface area (Å²) in [6.07, 6.45) is 4.08. The zero-order valence-corrected chi connectivity index (χ0v) is 13.4. The fraction of sp³-hybridized carbons (Fsp3) is 0.571. The summed E-state index contributed by atoms with van der Waals surface area (Å²) in [5, 5.41) is 0.213.